The highest BCUT2D eigenvalue weighted by Crippen LogP contribution is 2.13. The van der Waals surface area contributed by atoms with Gasteiger partial charge >= 0.3 is 0 Å². The smallest absolute Gasteiger partial charge is 0.216 e. The van der Waals surface area contributed by atoms with Gasteiger partial charge in [-0.1, -0.05) is 30.3 Å². The first-order valence-electron chi connectivity index (χ1n) is 5.63. The van der Waals surface area contributed by atoms with Gasteiger partial charge in [-0.15, -0.1) is 0 Å². The molecular formula is C13H18N2O2. The molecule has 1 aromatic carbocycles. The first-order chi connectivity index (χ1) is 8.09. The molecule has 0 saturated carbocycles. The van der Waals surface area contributed by atoms with E-state index in [1.54, 1.807) is 0 Å². The van der Waals surface area contributed by atoms with Crippen molar-refractivity contribution in [3.05, 3.63) is 35.9 Å². The lowest BCUT2D eigenvalue weighted by atomic mass is 9.99. The third-order valence-corrected chi connectivity index (χ3v) is 2.47. The molecule has 1 rings (SSSR count). The van der Waals surface area contributed by atoms with Crippen LogP contribution in [0.15, 0.2) is 30.3 Å². The average Bonchev–Trinajstić information content (AvgIpc) is 2.29. The van der Waals surface area contributed by atoms with E-state index < -0.39 is 0 Å². The molecule has 0 atom stereocenters. The molecule has 2 N–H and O–H groups in total. The Hall–Kier alpha value is -1.84. The highest BCUT2D eigenvalue weighted by molar-refractivity contribution is 5.73. The number of carbonyl (C=O) groups excluding carboxylic acids is 2. The Morgan fingerprint density at radius 2 is 1.47 bits per heavy atom. The lowest BCUT2D eigenvalue weighted by Gasteiger charge is -2.17. The zero-order valence-corrected chi connectivity index (χ0v) is 10.2. The van der Waals surface area contributed by atoms with Crippen molar-refractivity contribution < 1.29 is 9.59 Å². The number of benzene rings is 1. The largest absolute Gasteiger partial charge is 0.356 e. The lowest BCUT2D eigenvalue weighted by molar-refractivity contribution is -0.119. The Morgan fingerprint density at radius 3 is 1.88 bits per heavy atom. The Labute approximate surface area is 101 Å². The van der Waals surface area contributed by atoms with E-state index in [4.69, 9.17) is 0 Å². The van der Waals surface area contributed by atoms with Gasteiger partial charge < -0.3 is 10.6 Å². The number of carbonyl (C=O) groups is 2. The van der Waals surface area contributed by atoms with E-state index in [9.17, 15) is 9.59 Å². The van der Waals surface area contributed by atoms with Crippen LogP contribution in [0.25, 0.3) is 0 Å². The summed E-state index contributed by atoms with van der Waals surface area (Å²) in [5, 5.41) is 5.56. The van der Waals surface area contributed by atoms with Gasteiger partial charge in [0, 0.05) is 32.9 Å². The molecule has 4 heteroatoms. The number of hydrogen-bond acceptors (Lipinski definition) is 2. The van der Waals surface area contributed by atoms with E-state index >= 15 is 0 Å². The molecule has 0 aliphatic carbocycles. The molecule has 0 aliphatic heterocycles. The molecule has 0 unspecified atom stereocenters. The van der Waals surface area contributed by atoms with Crippen molar-refractivity contribution in [1.29, 1.82) is 0 Å². The SMILES string of the molecule is CC(=O)NCC(CNC(C)=O)c1ccccc1. The molecule has 0 aliphatic rings. The van der Waals surface area contributed by atoms with E-state index in [1.165, 1.54) is 13.8 Å². The number of amides is 2. The van der Waals surface area contributed by atoms with Gasteiger partial charge in [0.15, 0.2) is 0 Å². The second-order valence-corrected chi connectivity index (χ2v) is 3.98. The van der Waals surface area contributed by atoms with Gasteiger partial charge in [0.1, 0.15) is 0 Å². The first kappa shape index (κ1) is 13.2. The molecule has 0 aromatic heterocycles. The van der Waals surface area contributed by atoms with Gasteiger partial charge in [0.2, 0.25) is 11.8 Å². The second-order valence-electron chi connectivity index (χ2n) is 3.98. The Bertz CT molecular complexity index is 358. The van der Waals surface area contributed by atoms with Gasteiger partial charge in [0.25, 0.3) is 0 Å². The summed E-state index contributed by atoms with van der Waals surface area (Å²) in [5.74, 6) is -0.0217. The minimum absolute atomic E-state index is 0.0613. The van der Waals surface area contributed by atoms with Crippen molar-refractivity contribution in [3.63, 3.8) is 0 Å². The van der Waals surface area contributed by atoms with Gasteiger partial charge in [-0.3, -0.25) is 9.59 Å². The van der Waals surface area contributed by atoms with Gasteiger partial charge in [-0.25, -0.2) is 0 Å². The van der Waals surface area contributed by atoms with Crippen LogP contribution in [0.5, 0.6) is 0 Å². The zero-order chi connectivity index (χ0) is 12.7. The maximum atomic E-state index is 10.9. The van der Waals surface area contributed by atoms with Crippen LogP contribution in [0.4, 0.5) is 0 Å². The van der Waals surface area contributed by atoms with Crippen molar-refractivity contribution >= 4 is 11.8 Å². The minimum Gasteiger partial charge on any atom is -0.356 e. The molecule has 0 bridgehead atoms. The molecule has 0 saturated heterocycles. The number of nitrogens with one attached hydrogen (secondary N) is 2. The summed E-state index contributed by atoms with van der Waals surface area (Å²) < 4.78 is 0. The van der Waals surface area contributed by atoms with E-state index in [2.05, 4.69) is 10.6 Å². The van der Waals surface area contributed by atoms with Gasteiger partial charge in [0.05, 0.1) is 0 Å². The summed E-state index contributed by atoms with van der Waals surface area (Å²) in [6.45, 7) is 4.03. The lowest BCUT2D eigenvalue weighted by Crippen LogP contribution is -2.33. The zero-order valence-electron chi connectivity index (χ0n) is 10.2. The van der Waals surface area contributed by atoms with Crippen molar-refractivity contribution in [2.45, 2.75) is 19.8 Å². The highest BCUT2D eigenvalue weighted by Gasteiger charge is 2.12. The molecular weight excluding hydrogens is 216 g/mol. The van der Waals surface area contributed by atoms with E-state index in [0.29, 0.717) is 13.1 Å². The summed E-state index contributed by atoms with van der Waals surface area (Å²) in [5.41, 5.74) is 1.11. The highest BCUT2D eigenvalue weighted by atomic mass is 16.2. The van der Waals surface area contributed by atoms with Crippen molar-refractivity contribution in [3.8, 4) is 0 Å². The molecule has 0 spiro atoms. The summed E-state index contributed by atoms with van der Waals surface area (Å²) in [6.07, 6.45) is 0. The Morgan fingerprint density at radius 1 is 1.00 bits per heavy atom. The summed E-state index contributed by atoms with van der Waals surface area (Å²) in [7, 11) is 0. The van der Waals surface area contributed by atoms with Gasteiger partial charge in [-0.2, -0.15) is 0 Å². The molecule has 17 heavy (non-hydrogen) atoms. The van der Waals surface area contributed by atoms with Crippen LogP contribution in [0.3, 0.4) is 0 Å². The van der Waals surface area contributed by atoms with Gasteiger partial charge in [-0.05, 0) is 5.56 Å². The quantitative estimate of drug-likeness (QED) is 0.800. The molecule has 4 nitrogen and oxygen atoms in total. The molecule has 0 fully saturated rings. The summed E-state index contributed by atoms with van der Waals surface area (Å²) in [6, 6.07) is 9.83. The van der Waals surface area contributed by atoms with Crippen molar-refractivity contribution in [2.75, 3.05) is 13.1 Å². The number of hydrogen-bond donors (Lipinski definition) is 2. The fourth-order valence-corrected chi connectivity index (χ4v) is 1.57. The molecule has 2 amide bonds. The van der Waals surface area contributed by atoms with Crippen LogP contribution in [-0.2, 0) is 9.59 Å². The van der Waals surface area contributed by atoms with Crippen LogP contribution < -0.4 is 10.6 Å². The minimum atomic E-state index is -0.0613. The second kappa shape index (κ2) is 6.68. The summed E-state index contributed by atoms with van der Waals surface area (Å²) in [4.78, 5) is 21.8. The Kier molecular flexibility index (Phi) is 5.20. The predicted molar refractivity (Wildman–Crippen MR) is 66.6 cm³/mol. The first-order valence-corrected chi connectivity index (χ1v) is 5.63. The molecule has 92 valence electrons. The molecule has 1 aromatic rings. The monoisotopic (exact) mass is 234 g/mol. The topological polar surface area (TPSA) is 58.2 Å². The van der Waals surface area contributed by atoms with E-state index in [1.807, 2.05) is 30.3 Å². The summed E-state index contributed by atoms with van der Waals surface area (Å²) >= 11 is 0. The third kappa shape index (κ3) is 5.15. The molecule has 0 radical (unpaired) electrons. The van der Waals surface area contributed by atoms with Crippen molar-refractivity contribution in [2.24, 2.45) is 0 Å². The van der Waals surface area contributed by atoms with Crippen LogP contribution in [0.2, 0.25) is 0 Å². The van der Waals surface area contributed by atoms with Crippen LogP contribution in [0.1, 0.15) is 25.3 Å². The van der Waals surface area contributed by atoms with Crippen molar-refractivity contribution in [1.82, 2.24) is 10.6 Å². The molecule has 0 heterocycles. The Balaban J connectivity index is 2.64. The standard InChI is InChI=1S/C13H18N2O2/c1-10(16)14-8-13(9-15-11(2)17)12-6-4-3-5-7-12/h3-7,13H,8-9H2,1-2H3,(H,14,16)(H,15,17). The number of rotatable bonds is 5. The average molecular weight is 234 g/mol. The van der Waals surface area contributed by atoms with E-state index in [0.717, 1.165) is 5.56 Å². The maximum absolute atomic E-state index is 10.9. The predicted octanol–water partition coefficient (Wildman–Crippen LogP) is 1.04. The fraction of sp³-hybridized carbons (Fsp3) is 0.385. The fourth-order valence-electron chi connectivity index (χ4n) is 1.57. The third-order valence-electron chi connectivity index (χ3n) is 2.47. The van der Waals surface area contributed by atoms with Crippen LogP contribution in [-0.4, -0.2) is 24.9 Å². The normalized spacial score (nSPS) is 10.1. The van der Waals surface area contributed by atoms with Crippen LogP contribution >= 0.6 is 0 Å². The van der Waals surface area contributed by atoms with Crippen LogP contribution in [0, 0.1) is 0 Å². The van der Waals surface area contributed by atoms with E-state index in [-0.39, 0.29) is 17.7 Å². The maximum Gasteiger partial charge on any atom is 0.216 e.